The summed E-state index contributed by atoms with van der Waals surface area (Å²) in [6, 6.07) is 16.8. The Balaban J connectivity index is 1.15. The minimum absolute atomic E-state index is 0.0289. The Bertz CT molecular complexity index is 813. The number of nitrogens with zero attached hydrogens (tertiary/aromatic N) is 1. The number of rotatable bonds is 5. The maximum Gasteiger partial charge on any atom is 0.315 e. The molecule has 0 aromatic heterocycles. The summed E-state index contributed by atoms with van der Waals surface area (Å²) in [5.41, 5.74) is 3.84. The number of para-hydroxylation sites is 1. The van der Waals surface area contributed by atoms with Crippen LogP contribution < -0.4 is 15.4 Å². The van der Waals surface area contributed by atoms with Crippen LogP contribution in [0.15, 0.2) is 48.5 Å². The standard InChI is InChI=1S/C24H31N3O2/c1-18-6-8-20(9-7-18)16-27-12-10-19(11-13-27)15-25-24(28)26-22-14-21-4-2-3-5-23(21)29-17-22/h2-9,19,22H,10-17H2,1H3,(H2,25,26,28)/t22-/m0/s1. The van der Waals surface area contributed by atoms with Gasteiger partial charge in [-0.15, -0.1) is 0 Å². The Hall–Kier alpha value is -2.53. The van der Waals surface area contributed by atoms with Crippen molar-refractivity contribution in [3.8, 4) is 5.75 Å². The van der Waals surface area contributed by atoms with Crippen molar-refractivity contribution >= 4 is 6.03 Å². The molecule has 0 unspecified atom stereocenters. The number of urea groups is 1. The maximum atomic E-state index is 12.3. The van der Waals surface area contributed by atoms with Crippen molar-refractivity contribution in [3.05, 3.63) is 65.2 Å². The average Bonchev–Trinajstić information content (AvgIpc) is 2.75. The maximum absolute atomic E-state index is 12.3. The molecule has 0 aliphatic carbocycles. The Morgan fingerprint density at radius 3 is 2.66 bits per heavy atom. The van der Waals surface area contributed by atoms with Crippen LogP contribution >= 0.6 is 0 Å². The lowest BCUT2D eigenvalue weighted by Crippen LogP contribution is -2.48. The summed E-state index contributed by atoms with van der Waals surface area (Å²) in [7, 11) is 0. The van der Waals surface area contributed by atoms with Gasteiger partial charge in [0.1, 0.15) is 12.4 Å². The predicted molar refractivity (Wildman–Crippen MR) is 115 cm³/mol. The van der Waals surface area contributed by atoms with Crippen molar-refractivity contribution in [1.29, 1.82) is 0 Å². The second-order valence-corrected chi connectivity index (χ2v) is 8.38. The first-order valence-electron chi connectivity index (χ1n) is 10.7. The van der Waals surface area contributed by atoms with Crippen LogP contribution in [0.25, 0.3) is 0 Å². The molecule has 1 atom stereocenters. The zero-order chi connectivity index (χ0) is 20.1. The molecule has 2 aliphatic heterocycles. The minimum Gasteiger partial charge on any atom is -0.491 e. The van der Waals surface area contributed by atoms with Gasteiger partial charge in [0.2, 0.25) is 0 Å². The fourth-order valence-electron chi connectivity index (χ4n) is 4.19. The minimum atomic E-state index is -0.0833. The normalized spacial score (nSPS) is 19.8. The molecule has 4 rings (SSSR count). The van der Waals surface area contributed by atoms with Crippen molar-refractivity contribution in [1.82, 2.24) is 15.5 Å². The first kappa shape index (κ1) is 19.8. The fourth-order valence-corrected chi connectivity index (χ4v) is 4.19. The van der Waals surface area contributed by atoms with Crippen LogP contribution in [0.1, 0.15) is 29.5 Å². The summed E-state index contributed by atoms with van der Waals surface area (Å²) in [6.07, 6.45) is 3.08. The highest BCUT2D eigenvalue weighted by Crippen LogP contribution is 2.24. The van der Waals surface area contributed by atoms with Gasteiger partial charge >= 0.3 is 6.03 Å². The van der Waals surface area contributed by atoms with E-state index in [4.69, 9.17) is 4.74 Å². The van der Waals surface area contributed by atoms with Gasteiger partial charge < -0.3 is 15.4 Å². The Morgan fingerprint density at radius 1 is 1.10 bits per heavy atom. The highest BCUT2D eigenvalue weighted by Gasteiger charge is 2.23. The molecule has 2 N–H and O–H groups in total. The molecule has 154 valence electrons. The number of hydrogen-bond acceptors (Lipinski definition) is 3. The summed E-state index contributed by atoms with van der Waals surface area (Å²) < 4.78 is 5.75. The summed E-state index contributed by atoms with van der Waals surface area (Å²) in [5.74, 6) is 1.49. The van der Waals surface area contributed by atoms with Gasteiger partial charge in [0.25, 0.3) is 0 Å². The molecule has 2 aromatic rings. The van der Waals surface area contributed by atoms with Gasteiger partial charge in [0.15, 0.2) is 0 Å². The number of carbonyl (C=O) groups is 1. The fraction of sp³-hybridized carbons (Fsp3) is 0.458. The van der Waals surface area contributed by atoms with E-state index in [-0.39, 0.29) is 12.1 Å². The molecule has 0 saturated carbocycles. The van der Waals surface area contributed by atoms with Crippen LogP contribution in [0.5, 0.6) is 5.75 Å². The number of hydrogen-bond donors (Lipinski definition) is 2. The summed E-state index contributed by atoms with van der Waals surface area (Å²) in [4.78, 5) is 14.8. The topological polar surface area (TPSA) is 53.6 Å². The molecule has 2 heterocycles. The third-order valence-electron chi connectivity index (χ3n) is 6.00. The number of aryl methyl sites for hydroxylation is 1. The van der Waals surface area contributed by atoms with Gasteiger partial charge in [-0.2, -0.15) is 0 Å². The quantitative estimate of drug-likeness (QED) is 0.817. The van der Waals surface area contributed by atoms with E-state index in [0.29, 0.717) is 12.5 Å². The molecule has 2 aromatic carbocycles. The number of carbonyl (C=O) groups excluding carboxylic acids is 1. The van der Waals surface area contributed by atoms with E-state index in [1.54, 1.807) is 0 Å². The van der Waals surface area contributed by atoms with Crippen LogP contribution in [0.4, 0.5) is 4.79 Å². The van der Waals surface area contributed by atoms with Crippen LogP contribution in [0.2, 0.25) is 0 Å². The number of piperidine rings is 1. The van der Waals surface area contributed by atoms with Crippen LogP contribution in [-0.2, 0) is 13.0 Å². The summed E-state index contributed by atoms with van der Waals surface area (Å²) in [6.45, 7) is 6.60. The van der Waals surface area contributed by atoms with Gasteiger partial charge in [-0.05, 0) is 62.4 Å². The molecule has 0 radical (unpaired) electrons. The molecule has 5 heteroatoms. The van der Waals surface area contributed by atoms with Crippen LogP contribution in [0.3, 0.4) is 0 Å². The lowest BCUT2D eigenvalue weighted by atomic mass is 9.96. The number of nitrogens with one attached hydrogen (secondary N) is 2. The van der Waals surface area contributed by atoms with E-state index >= 15 is 0 Å². The second-order valence-electron chi connectivity index (χ2n) is 8.38. The molecule has 29 heavy (non-hydrogen) atoms. The number of ether oxygens (including phenoxy) is 1. The van der Waals surface area contributed by atoms with Gasteiger partial charge in [0, 0.05) is 13.1 Å². The first-order valence-corrected chi connectivity index (χ1v) is 10.7. The van der Waals surface area contributed by atoms with Gasteiger partial charge in [-0.25, -0.2) is 4.79 Å². The first-order chi connectivity index (χ1) is 14.2. The highest BCUT2D eigenvalue weighted by molar-refractivity contribution is 5.74. The van der Waals surface area contributed by atoms with Gasteiger partial charge in [0.05, 0.1) is 6.04 Å². The molecule has 2 aliphatic rings. The third kappa shape index (κ3) is 5.51. The molecular formula is C24H31N3O2. The molecule has 1 fully saturated rings. The van der Waals surface area contributed by atoms with Gasteiger partial charge in [-0.1, -0.05) is 48.0 Å². The Kier molecular flexibility index (Phi) is 6.35. The molecule has 5 nitrogen and oxygen atoms in total. The van der Waals surface area contributed by atoms with Crippen LogP contribution in [0, 0.1) is 12.8 Å². The lowest BCUT2D eigenvalue weighted by Gasteiger charge is -2.32. The molecule has 2 amide bonds. The molecule has 0 bridgehead atoms. The van der Waals surface area contributed by atoms with Crippen molar-refractivity contribution in [2.75, 3.05) is 26.2 Å². The molecular weight excluding hydrogens is 362 g/mol. The molecule has 1 saturated heterocycles. The Labute approximate surface area is 173 Å². The SMILES string of the molecule is Cc1ccc(CN2CCC(CNC(=O)N[C@@H]3COc4ccccc4C3)CC2)cc1. The zero-order valence-electron chi connectivity index (χ0n) is 17.2. The smallest absolute Gasteiger partial charge is 0.315 e. The largest absolute Gasteiger partial charge is 0.491 e. The summed E-state index contributed by atoms with van der Waals surface area (Å²) in [5, 5.41) is 6.13. The predicted octanol–water partition coefficient (Wildman–Crippen LogP) is 3.51. The number of benzene rings is 2. The monoisotopic (exact) mass is 393 g/mol. The number of fused-ring (bicyclic) bond motifs is 1. The van der Waals surface area contributed by atoms with E-state index in [1.807, 2.05) is 18.2 Å². The van der Waals surface area contributed by atoms with E-state index in [2.05, 4.69) is 52.8 Å². The zero-order valence-corrected chi connectivity index (χ0v) is 17.2. The number of amides is 2. The van der Waals surface area contributed by atoms with Crippen molar-refractivity contribution in [3.63, 3.8) is 0 Å². The summed E-state index contributed by atoms with van der Waals surface area (Å²) >= 11 is 0. The van der Waals surface area contributed by atoms with E-state index in [1.165, 1.54) is 11.1 Å². The van der Waals surface area contributed by atoms with E-state index in [0.717, 1.165) is 56.8 Å². The van der Waals surface area contributed by atoms with Crippen molar-refractivity contribution < 1.29 is 9.53 Å². The number of likely N-dealkylation sites (tertiary alicyclic amines) is 1. The van der Waals surface area contributed by atoms with Crippen molar-refractivity contribution in [2.45, 2.75) is 38.8 Å². The third-order valence-corrected chi connectivity index (χ3v) is 6.00. The van der Waals surface area contributed by atoms with Crippen LogP contribution in [-0.4, -0.2) is 43.2 Å². The Morgan fingerprint density at radius 2 is 1.86 bits per heavy atom. The van der Waals surface area contributed by atoms with Crippen molar-refractivity contribution in [2.24, 2.45) is 5.92 Å². The lowest BCUT2D eigenvalue weighted by molar-refractivity contribution is 0.173. The highest BCUT2D eigenvalue weighted by atomic mass is 16.5. The van der Waals surface area contributed by atoms with Gasteiger partial charge in [-0.3, -0.25) is 4.90 Å². The second kappa shape index (κ2) is 9.31. The van der Waals surface area contributed by atoms with E-state index in [9.17, 15) is 4.79 Å². The average molecular weight is 394 g/mol. The van der Waals surface area contributed by atoms with E-state index < -0.39 is 0 Å². The molecule has 0 spiro atoms.